The maximum absolute atomic E-state index is 6.85. The molecule has 42 valence electrons. The molecule has 0 aliphatic heterocycles. The Labute approximate surface area is 56.0 Å². The average Bonchev–Trinajstić information content (AvgIpc) is 1.88. The van der Waals surface area contributed by atoms with E-state index < -0.39 is 0 Å². The molecule has 0 heterocycles. The maximum atomic E-state index is 6.85. The van der Waals surface area contributed by atoms with Gasteiger partial charge in [-0.15, -0.1) is 0 Å². The predicted octanol–water partition coefficient (Wildman–Crippen LogP) is 1.92. The van der Waals surface area contributed by atoms with Crippen LogP contribution in [0.4, 0.5) is 5.69 Å². The van der Waals surface area contributed by atoms with Gasteiger partial charge in [0.25, 0.3) is 0 Å². The molecular formula is C6H6ClN. The number of benzene rings is 1. The summed E-state index contributed by atoms with van der Waals surface area (Å²) in [5.41, 5.74) is 1.04. The third-order valence-electron chi connectivity index (χ3n) is 0.827. The first-order chi connectivity index (χ1) is 4.70. The predicted molar refractivity (Wildman–Crippen MR) is 35.9 cm³/mol. The minimum absolute atomic E-state index is 0.504. The second kappa shape index (κ2) is 2.05. The molecule has 0 bridgehead atoms. The average molecular weight is 130 g/mol. The Bertz CT molecular complexity index is 209. The van der Waals surface area contributed by atoms with Gasteiger partial charge in [0, 0.05) is 10.7 Å². The van der Waals surface area contributed by atoms with Crippen LogP contribution in [-0.2, 0) is 0 Å². The summed E-state index contributed by atoms with van der Waals surface area (Å²) in [4.78, 5) is 0. The summed E-state index contributed by atoms with van der Waals surface area (Å²) in [5, 5.41) is 0.616. The van der Waals surface area contributed by atoms with Crippen molar-refractivity contribution in [1.29, 1.82) is 0 Å². The highest BCUT2D eigenvalue weighted by molar-refractivity contribution is 6.30. The van der Waals surface area contributed by atoms with Crippen LogP contribution in [0.5, 0.6) is 0 Å². The lowest BCUT2D eigenvalue weighted by atomic mass is 10.3. The van der Waals surface area contributed by atoms with Gasteiger partial charge in [0.2, 0.25) is 0 Å². The van der Waals surface area contributed by atoms with Gasteiger partial charge in [-0.2, -0.15) is 0 Å². The molecule has 0 fully saturated rings. The van der Waals surface area contributed by atoms with E-state index in [2.05, 4.69) is 0 Å². The Kier molecular flexibility index (Phi) is 0.862. The van der Waals surface area contributed by atoms with E-state index in [-0.39, 0.29) is 0 Å². The molecule has 0 unspecified atom stereocenters. The molecule has 0 aliphatic rings. The number of halogens is 1. The molecule has 8 heavy (non-hydrogen) atoms. The zero-order valence-corrected chi connectivity index (χ0v) is 4.89. The molecule has 0 aromatic heterocycles. The second-order valence-electron chi connectivity index (χ2n) is 1.48. The van der Waals surface area contributed by atoms with E-state index in [9.17, 15) is 0 Å². The molecule has 0 atom stereocenters. The third kappa shape index (κ3) is 1.14. The van der Waals surface area contributed by atoms with Crippen LogP contribution in [0.1, 0.15) is 0 Å². The molecule has 0 saturated carbocycles. The van der Waals surface area contributed by atoms with Gasteiger partial charge in [-0.1, -0.05) is 11.6 Å². The highest BCUT2D eigenvalue weighted by Crippen LogP contribution is 2.09. The third-order valence-corrected chi connectivity index (χ3v) is 1.08. The first-order valence-electron chi connectivity index (χ1n) is 3.13. The van der Waals surface area contributed by atoms with Crippen LogP contribution in [0.25, 0.3) is 0 Å². The van der Waals surface area contributed by atoms with Gasteiger partial charge in [-0.25, -0.2) is 0 Å². The van der Waals surface area contributed by atoms with Gasteiger partial charge >= 0.3 is 0 Å². The molecule has 1 nitrogen and oxygen atoms in total. The van der Waals surface area contributed by atoms with Gasteiger partial charge in [-0.3, -0.25) is 0 Å². The summed E-state index contributed by atoms with van der Waals surface area (Å²) in [7, 11) is 0. The van der Waals surface area contributed by atoms with Crippen molar-refractivity contribution in [3.63, 3.8) is 0 Å². The fraction of sp³-hybridized carbons (Fsp3) is 0. The smallest absolute Gasteiger partial charge is 0.156 e. The van der Waals surface area contributed by atoms with Crippen LogP contribution in [0.15, 0.2) is 24.3 Å². The van der Waals surface area contributed by atoms with Crippen LogP contribution >= 0.6 is 11.6 Å². The quantitative estimate of drug-likeness (QED) is 0.576. The molecule has 0 spiro atoms. The normalized spacial score (nSPS) is 12.1. The van der Waals surface area contributed by atoms with Crippen LogP contribution in [-0.4, -0.2) is 0 Å². The summed E-state index contributed by atoms with van der Waals surface area (Å²) >= 11 is 5.58. The Morgan fingerprint density at radius 1 is 1.38 bits per heavy atom. The van der Waals surface area contributed by atoms with Crippen molar-refractivity contribution in [3.8, 4) is 0 Å². The molecule has 0 aliphatic carbocycles. The molecular weight excluding hydrogens is 122 g/mol. The van der Waals surface area contributed by atoms with Crippen molar-refractivity contribution >= 4 is 17.3 Å². The lowest BCUT2D eigenvalue weighted by molar-refractivity contribution is 1.69. The monoisotopic (exact) mass is 129 g/mol. The lowest BCUT2D eigenvalue weighted by Gasteiger charge is -1.88. The maximum Gasteiger partial charge on any atom is 0.156 e. The largest absolute Gasteiger partial charge is 0.399 e. The standard InChI is InChI=1S/C6H6ClN/c7-5-1-3-6(8)4-2-5/h1-4H,8H2/i/hD2. The molecule has 0 saturated heterocycles. The number of anilines is 1. The minimum atomic E-state index is 0.504. The molecule has 0 amide bonds. The highest BCUT2D eigenvalue weighted by Gasteiger charge is 1.82. The van der Waals surface area contributed by atoms with Gasteiger partial charge < -0.3 is 5.72 Å². The van der Waals surface area contributed by atoms with E-state index in [0.29, 0.717) is 16.4 Å². The van der Waals surface area contributed by atoms with Crippen molar-refractivity contribution in [1.82, 2.24) is 0 Å². The molecule has 2 heteroatoms. The highest BCUT2D eigenvalue weighted by atomic mass is 35.5. The van der Waals surface area contributed by atoms with Crippen LogP contribution < -0.4 is 5.72 Å². The van der Waals surface area contributed by atoms with E-state index in [1.54, 1.807) is 24.3 Å². The van der Waals surface area contributed by atoms with Gasteiger partial charge in [0.1, 0.15) is 0 Å². The fourth-order valence-electron chi connectivity index (χ4n) is 0.441. The van der Waals surface area contributed by atoms with Crippen molar-refractivity contribution in [2.45, 2.75) is 0 Å². The summed E-state index contributed by atoms with van der Waals surface area (Å²) in [5.74, 6) is 0. The molecule has 1 aromatic carbocycles. The SMILES string of the molecule is [2H]N([2H])c1ccc(Cl)cc1. The first kappa shape index (κ1) is 3.36. The Morgan fingerprint density at radius 3 is 2.50 bits per heavy atom. The zero-order chi connectivity index (χ0) is 7.56. The molecule has 0 radical (unpaired) electrons. The Morgan fingerprint density at radius 2 is 2.00 bits per heavy atom. The number of nitrogens with two attached hydrogens (primary N) is 1. The molecule has 1 aromatic rings. The summed E-state index contributed by atoms with van der Waals surface area (Å²) in [6.07, 6.45) is 0. The summed E-state index contributed by atoms with van der Waals surface area (Å²) in [6, 6.07) is 6.52. The van der Waals surface area contributed by atoms with Gasteiger partial charge in [-0.05, 0) is 24.3 Å². The van der Waals surface area contributed by atoms with E-state index in [0.717, 1.165) is 0 Å². The van der Waals surface area contributed by atoms with E-state index >= 15 is 0 Å². The first-order valence-corrected chi connectivity index (χ1v) is 2.61. The number of rotatable bonds is 1. The Balaban J connectivity index is 2.89. The number of hydrogen-bond acceptors (Lipinski definition) is 1. The topological polar surface area (TPSA) is 26.0 Å². The van der Waals surface area contributed by atoms with Gasteiger partial charge in [0.05, 0.1) is 0 Å². The molecule has 1 rings (SSSR count). The second-order valence-corrected chi connectivity index (χ2v) is 1.91. The Hall–Kier alpha value is -0.690. The number of hydrogen-bond donors (Lipinski definition) is 1. The van der Waals surface area contributed by atoms with Crippen molar-refractivity contribution in [3.05, 3.63) is 29.3 Å². The van der Waals surface area contributed by atoms with Crippen molar-refractivity contribution in [2.24, 2.45) is 0 Å². The number of nitrogen functional groups attached to an aromatic ring is 1. The minimum Gasteiger partial charge on any atom is -0.399 e. The van der Waals surface area contributed by atoms with Crippen LogP contribution in [0.3, 0.4) is 0 Å². The van der Waals surface area contributed by atoms with E-state index in [1.165, 1.54) is 0 Å². The zero-order valence-electron chi connectivity index (χ0n) is 6.13. The summed E-state index contributed by atoms with van der Waals surface area (Å²) in [6.45, 7) is 0. The van der Waals surface area contributed by atoms with Gasteiger partial charge in [0.15, 0.2) is 2.82 Å². The summed E-state index contributed by atoms with van der Waals surface area (Å²) < 4.78 is 13.7. The lowest BCUT2D eigenvalue weighted by Crippen LogP contribution is -1.80. The molecule has 2 N–H and O–H groups in total. The van der Waals surface area contributed by atoms with Crippen molar-refractivity contribution < 1.29 is 2.82 Å². The van der Waals surface area contributed by atoms with Crippen LogP contribution in [0, 0.1) is 0 Å². The van der Waals surface area contributed by atoms with Crippen LogP contribution in [0.2, 0.25) is 7.85 Å². The van der Waals surface area contributed by atoms with Crippen molar-refractivity contribution in [2.75, 3.05) is 5.72 Å². The van der Waals surface area contributed by atoms with E-state index in [1.807, 2.05) is 0 Å². The fourth-order valence-corrected chi connectivity index (χ4v) is 0.567. The van der Waals surface area contributed by atoms with E-state index in [4.69, 9.17) is 14.4 Å².